The number of carbonyl (C=O) groups is 2. The summed E-state index contributed by atoms with van der Waals surface area (Å²) in [6.45, 7) is 0.933. The van der Waals surface area contributed by atoms with Gasteiger partial charge in [0, 0.05) is 18.4 Å². The SMILES string of the molecule is O=C(O)C1[C@@H](c2ccccc2)C(C(=O)OC[C@H]2CCCO2)[C@@H]1c1ccccc1. The molecule has 28 heavy (non-hydrogen) atoms. The van der Waals surface area contributed by atoms with E-state index >= 15 is 0 Å². The summed E-state index contributed by atoms with van der Waals surface area (Å²) in [6, 6.07) is 18.8. The monoisotopic (exact) mass is 380 g/mol. The van der Waals surface area contributed by atoms with Gasteiger partial charge in [0.15, 0.2) is 0 Å². The Morgan fingerprint density at radius 1 is 0.929 bits per heavy atom. The van der Waals surface area contributed by atoms with Crippen LogP contribution in [0.1, 0.15) is 35.8 Å². The first-order chi connectivity index (χ1) is 13.7. The Morgan fingerprint density at radius 3 is 1.96 bits per heavy atom. The van der Waals surface area contributed by atoms with E-state index in [9.17, 15) is 14.7 Å². The van der Waals surface area contributed by atoms with Gasteiger partial charge >= 0.3 is 11.9 Å². The summed E-state index contributed by atoms with van der Waals surface area (Å²) in [5, 5.41) is 9.93. The Kier molecular flexibility index (Phi) is 5.44. The van der Waals surface area contributed by atoms with Crippen molar-refractivity contribution < 1.29 is 24.2 Å². The van der Waals surface area contributed by atoms with Crippen molar-refractivity contribution in [3.8, 4) is 0 Å². The molecule has 3 atom stereocenters. The highest BCUT2D eigenvalue weighted by atomic mass is 16.6. The highest BCUT2D eigenvalue weighted by Crippen LogP contribution is 2.58. The Balaban J connectivity index is 1.62. The van der Waals surface area contributed by atoms with Crippen LogP contribution in [0.2, 0.25) is 0 Å². The molecule has 4 rings (SSSR count). The molecule has 5 heteroatoms. The van der Waals surface area contributed by atoms with E-state index in [1.165, 1.54) is 0 Å². The Morgan fingerprint density at radius 2 is 1.50 bits per heavy atom. The minimum atomic E-state index is -0.883. The minimum absolute atomic E-state index is 0.0513. The molecule has 0 amide bonds. The number of esters is 1. The maximum Gasteiger partial charge on any atom is 0.310 e. The van der Waals surface area contributed by atoms with Gasteiger partial charge in [-0.25, -0.2) is 0 Å². The summed E-state index contributed by atoms with van der Waals surface area (Å²) in [7, 11) is 0. The summed E-state index contributed by atoms with van der Waals surface area (Å²) in [4.78, 5) is 25.2. The van der Waals surface area contributed by atoms with Crippen molar-refractivity contribution in [2.75, 3.05) is 13.2 Å². The molecule has 2 aliphatic rings. The predicted octanol–water partition coefficient (Wildman–Crippen LogP) is 3.61. The third-order valence-corrected chi connectivity index (χ3v) is 5.91. The third kappa shape index (κ3) is 3.54. The van der Waals surface area contributed by atoms with E-state index in [2.05, 4.69) is 0 Å². The summed E-state index contributed by atoms with van der Waals surface area (Å²) in [5.74, 6) is -3.21. The van der Waals surface area contributed by atoms with Gasteiger partial charge in [0.1, 0.15) is 6.61 Å². The van der Waals surface area contributed by atoms with Crippen LogP contribution < -0.4 is 0 Å². The van der Waals surface area contributed by atoms with E-state index < -0.39 is 29.6 Å². The number of ether oxygens (including phenoxy) is 2. The van der Waals surface area contributed by atoms with E-state index in [4.69, 9.17) is 9.47 Å². The summed E-state index contributed by atoms with van der Waals surface area (Å²) in [6.07, 6.45) is 1.82. The minimum Gasteiger partial charge on any atom is -0.481 e. The van der Waals surface area contributed by atoms with Gasteiger partial charge in [-0.3, -0.25) is 9.59 Å². The molecule has 0 spiro atoms. The lowest BCUT2D eigenvalue weighted by atomic mass is 9.52. The van der Waals surface area contributed by atoms with Crippen LogP contribution in [0.3, 0.4) is 0 Å². The smallest absolute Gasteiger partial charge is 0.310 e. The number of aliphatic carboxylic acids is 1. The molecule has 2 aromatic rings. The van der Waals surface area contributed by atoms with Gasteiger partial charge < -0.3 is 14.6 Å². The van der Waals surface area contributed by atoms with Crippen LogP contribution in [-0.4, -0.2) is 36.4 Å². The van der Waals surface area contributed by atoms with E-state index in [0.717, 1.165) is 24.0 Å². The standard InChI is InChI=1S/C23H24O5/c24-22(25)20-18(15-8-3-1-4-9-15)21(19(20)16-10-5-2-6-11-16)23(26)28-14-17-12-7-13-27-17/h1-6,8-11,17-21H,7,12-14H2,(H,24,25)/t17-,18-,19-,20?,21?/m1/s1. The van der Waals surface area contributed by atoms with E-state index in [1.54, 1.807) is 0 Å². The maximum absolute atomic E-state index is 13.0. The van der Waals surface area contributed by atoms with Crippen LogP contribution in [0.15, 0.2) is 60.7 Å². The molecular weight excluding hydrogens is 356 g/mol. The number of carboxylic acid groups (broad SMARTS) is 1. The van der Waals surface area contributed by atoms with Gasteiger partial charge in [0.05, 0.1) is 17.9 Å². The zero-order chi connectivity index (χ0) is 19.5. The largest absolute Gasteiger partial charge is 0.481 e. The number of hydrogen-bond acceptors (Lipinski definition) is 4. The van der Waals surface area contributed by atoms with Crippen LogP contribution in [0.25, 0.3) is 0 Å². The van der Waals surface area contributed by atoms with E-state index in [-0.39, 0.29) is 18.7 Å². The topological polar surface area (TPSA) is 72.8 Å². The molecule has 1 N–H and O–H groups in total. The van der Waals surface area contributed by atoms with E-state index in [0.29, 0.717) is 6.61 Å². The second kappa shape index (κ2) is 8.15. The lowest BCUT2D eigenvalue weighted by Gasteiger charge is -2.49. The highest BCUT2D eigenvalue weighted by molar-refractivity contribution is 5.84. The van der Waals surface area contributed by atoms with Crippen LogP contribution >= 0.6 is 0 Å². The second-order valence-electron chi connectivity index (χ2n) is 7.53. The first-order valence-electron chi connectivity index (χ1n) is 9.77. The molecule has 1 aliphatic heterocycles. The average Bonchev–Trinajstić information content (AvgIpc) is 3.21. The lowest BCUT2D eigenvalue weighted by molar-refractivity contribution is -0.166. The quantitative estimate of drug-likeness (QED) is 0.775. The summed E-state index contributed by atoms with van der Waals surface area (Å²) >= 11 is 0. The zero-order valence-corrected chi connectivity index (χ0v) is 15.6. The molecule has 1 saturated heterocycles. The molecule has 0 aromatic heterocycles. The first-order valence-corrected chi connectivity index (χ1v) is 9.77. The first kappa shape index (κ1) is 18.7. The third-order valence-electron chi connectivity index (χ3n) is 5.91. The van der Waals surface area contributed by atoms with Gasteiger partial charge in [0.25, 0.3) is 0 Å². The molecule has 1 heterocycles. The fraction of sp³-hybridized carbons (Fsp3) is 0.391. The molecule has 0 unspecified atom stereocenters. The van der Waals surface area contributed by atoms with Crippen molar-refractivity contribution in [3.05, 3.63) is 71.8 Å². The second-order valence-corrected chi connectivity index (χ2v) is 7.53. The molecular formula is C23H24O5. The maximum atomic E-state index is 13.0. The van der Waals surface area contributed by atoms with Crippen molar-refractivity contribution in [1.29, 1.82) is 0 Å². The van der Waals surface area contributed by atoms with Crippen molar-refractivity contribution in [2.45, 2.75) is 30.8 Å². The van der Waals surface area contributed by atoms with Crippen LogP contribution in [0.4, 0.5) is 0 Å². The van der Waals surface area contributed by atoms with Crippen molar-refractivity contribution in [3.63, 3.8) is 0 Å². The normalized spacial score (nSPS) is 29.1. The number of carboxylic acids is 1. The zero-order valence-electron chi connectivity index (χ0n) is 15.6. The highest BCUT2D eigenvalue weighted by Gasteiger charge is 2.59. The summed E-state index contributed by atoms with van der Waals surface area (Å²) in [5.41, 5.74) is 1.72. The molecule has 2 fully saturated rings. The Labute approximate surface area is 164 Å². The Hall–Kier alpha value is -2.66. The molecule has 2 aromatic carbocycles. The molecule has 1 aliphatic carbocycles. The number of carbonyl (C=O) groups excluding carboxylic acids is 1. The van der Waals surface area contributed by atoms with Gasteiger partial charge in [-0.15, -0.1) is 0 Å². The van der Waals surface area contributed by atoms with Crippen molar-refractivity contribution in [2.24, 2.45) is 11.8 Å². The van der Waals surface area contributed by atoms with Crippen LogP contribution in [0, 0.1) is 11.8 Å². The number of hydrogen-bond donors (Lipinski definition) is 1. The summed E-state index contributed by atoms with van der Waals surface area (Å²) < 4.78 is 11.2. The molecule has 0 radical (unpaired) electrons. The van der Waals surface area contributed by atoms with Gasteiger partial charge in [-0.05, 0) is 24.0 Å². The fourth-order valence-corrected chi connectivity index (χ4v) is 4.58. The molecule has 146 valence electrons. The van der Waals surface area contributed by atoms with Crippen molar-refractivity contribution in [1.82, 2.24) is 0 Å². The van der Waals surface area contributed by atoms with E-state index in [1.807, 2.05) is 60.7 Å². The fourth-order valence-electron chi connectivity index (χ4n) is 4.58. The average molecular weight is 380 g/mol. The molecule has 0 bridgehead atoms. The van der Waals surface area contributed by atoms with Gasteiger partial charge in [0.2, 0.25) is 0 Å². The number of rotatable bonds is 6. The number of benzene rings is 2. The van der Waals surface area contributed by atoms with Crippen LogP contribution in [0.5, 0.6) is 0 Å². The molecule has 5 nitrogen and oxygen atoms in total. The lowest BCUT2D eigenvalue weighted by Crippen LogP contribution is -2.51. The van der Waals surface area contributed by atoms with Gasteiger partial charge in [-0.2, -0.15) is 0 Å². The van der Waals surface area contributed by atoms with Crippen molar-refractivity contribution >= 4 is 11.9 Å². The van der Waals surface area contributed by atoms with Crippen LogP contribution in [-0.2, 0) is 19.1 Å². The van der Waals surface area contributed by atoms with Gasteiger partial charge in [-0.1, -0.05) is 60.7 Å². The predicted molar refractivity (Wildman–Crippen MR) is 103 cm³/mol. The molecule has 1 saturated carbocycles. The Bertz CT molecular complexity index is 766.